The number of halogens is 3. The van der Waals surface area contributed by atoms with Crippen LogP contribution in [0.3, 0.4) is 0 Å². The van der Waals surface area contributed by atoms with E-state index >= 15 is 0 Å². The van der Waals surface area contributed by atoms with Crippen molar-refractivity contribution in [3.05, 3.63) is 35.0 Å². The van der Waals surface area contributed by atoms with Crippen LogP contribution in [-0.2, 0) is 40.4 Å². The van der Waals surface area contributed by atoms with E-state index in [4.69, 9.17) is 9.84 Å². The van der Waals surface area contributed by atoms with E-state index in [9.17, 15) is 26.4 Å². The van der Waals surface area contributed by atoms with Crippen LogP contribution in [0.4, 0.5) is 18.0 Å². The molecular weight excluding hydrogens is 678 g/mol. The van der Waals surface area contributed by atoms with E-state index in [2.05, 4.69) is 10.2 Å². The second-order valence-electron chi connectivity index (χ2n) is 14.4. The van der Waals surface area contributed by atoms with E-state index in [-0.39, 0.29) is 23.6 Å². The van der Waals surface area contributed by atoms with Crippen molar-refractivity contribution in [1.82, 2.24) is 29.2 Å². The fraction of sp³-hybridized carbons (Fsp3) is 0.706. The third kappa shape index (κ3) is 10.4. The van der Waals surface area contributed by atoms with Gasteiger partial charge in [0.1, 0.15) is 5.60 Å². The molecule has 1 N–H and O–H groups in total. The largest absolute Gasteiger partial charge is 0.444 e. The fourth-order valence-corrected chi connectivity index (χ4v) is 8.61. The molecule has 274 valence electrons. The number of likely N-dealkylation sites (tertiary alicyclic amines) is 2. The number of carbonyl (C=O) groups excluding carboxylic acids is 1. The van der Waals surface area contributed by atoms with Gasteiger partial charge in [-0.15, -0.1) is 11.8 Å². The van der Waals surface area contributed by atoms with Gasteiger partial charge in [0, 0.05) is 79.2 Å². The molecule has 4 heterocycles. The number of benzene rings is 1. The number of carbonyl (C=O) groups is 1. The number of hydrogen-bond acceptors (Lipinski definition) is 8. The Bertz CT molecular complexity index is 1550. The molecule has 1 aromatic heterocycles. The van der Waals surface area contributed by atoms with E-state index in [0.717, 1.165) is 68.0 Å². The number of thioether (sulfide) groups is 1. The highest BCUT2D eigenvalue weighted by molar-refractivity contribution is 7.99. The van der Waals surface area contributed by atoms with E-state index in [0.29, 0.717) is 56.2 Å². The molecular formula is C34H51F3N6O4S2. The monoisotopic (exact) mass is 728 g/mol. The van der Waals surface area contributed by atoms with Crippen LogP contribution in [0.1, 0.15) is 76.1 Å². The zero-order valence-corrected chi connectivity index (χ0v) is 30.8. The lowest BCUT2D eigenvalue weighted by atomic mass is 10.0. The second-order valence-corrected chi connectivity index (χ2v) is 17.5. The van der Waals surface area contributed by atoms with Crippen LogP contribution in [0, 0.1) is 0 Å². The van der Waals surface area contributed by atoms with Crippen molar-refractivity contribution in [3.63, 3.8) is 0 Å². The Kier molecular flexibility index (Phi) is 12.3. The summed E-state index contributed by atoms with van der Waals surface area (Å²) in [7, 11) is -3.46. The molecule has 1 aromatic carbocycles. The number of alkyl halides is 3. The molecule has 0 unspecified atom stereocenters. The number of amides is 1. The van der Waals surface area contributed by atoms with Gasteiger partial charge in [-0.2, -0.15) is 22.6 Å². The lowest BCUT2D eigenvalue weighted by molar-refractivity contribution is -0.139. The molecule has 49 heavy (non-hydrogen) atoms. The quantitative estimate of drug-likeness (QED) is 0.228. The van der Waals surface area contributed by atoms with Crippen LogP contribution in [0.25, 0.3) is 11.3 Å². The molecule has 15 heteroatoms. The number of ether oxygens (including phenoxy) is 1. The molecule has 2 fully saturated rings. The molecule has 3 aliphatic heterocycles. The molecule has 2 aromatic rings. The molecule has 10 nitrogen and oxygen atoms in total. The first-order valence-corrected chi connectivity index (χ1v) is 20.2. The molecule has 0 aliphatic carbocycles. The minimum absolute atomic E-state index is 0.121. The summed E-state index contributed by atoms with van der Waals surface area (Å²) < 4.78 is 76.4. The predicted octanol–water partition coefficient (Wildman–Crippen LogP) is 5.84. The molecule has 0 radical (unpaired) electrons. The van der Waals surface area contributed by atoms with Crippen molar-refractivity contribution < 1.29 is 31.1 Å². The number of piperidine rings is 2. The summed E-state index contributed by atoms with van der Waals surface area (Å²) in [5.41, 5.74) is 1.58. The summed E-state index contributed by atoms with van der Waals surface area (Å²) in [5, 5.41) is 8.37. The van der Waals surface area contributed by atoms with E-state index in [1.807, 2.05) is 25.5 Å². The molecule has 0 saturated carbocycles. The number of aromatic nitrogens is 2. The van der Waals surface area contributed by atoms with Crippen molar-refractivity contribution in [2.24, 2.45) is 0 Å². The van der Waals surface area contributed by atoms with Gasteiger partial charge in [0.2, 0.25) is 10.0 Å². The maximum absolute atomic E-state index is 14.2. The lowest BCUT2D eigenvalue weighted by Gasteiger charge is -2.33. The topological polar surface area (TPSA) is 100 Å². The smallest absolute Gasteiger partial charge is 0.417 e. The van der Waals surface area contributed by atoms with Gasteiger partial charge < -0.3 is 19.9 Å². The summed E-state index contributed by atoms with van der Waals surface area (Å²) in [6.45, 7) is 11.5. The van der Waals surface area contributed by atoms with Gasteiger partial charge in [0.25, 0.3) is 0 Å². The van der Waals surface area contributed by atoms with E-state index in [1.54, 1.807) is 11.0 Å². The van der Waals surface area contributed by atoms with Crippen molar-refractivity contribution >= 4 is 27.9 Å². The van der Waals surface area contributed by atoms with Crippen LogP contribution < -0.4 is 5.32 Å². The molecule has 0 atom stereocenters. The van der Waals surface area contributed by atoms with Gasteiger partial charge in [0.05, 0.1) is 17.5 Å². The van der Waals surface area contributed by atoms with Gasteiger partial charge in [-0.1, -0.05) is 12.5 Å². The average Bonchev–Trinajstić information content (AvgIpc) is 3.40. The normalized spacial score (nSPS) is 18.9. The van der Waals surface area contributed by atoms with Gasteiger partial charge in [-0.05, 0) is 84.6 Å². The number of sulfonamides is 1. The van der Waals surface area contributed by atoms with E-state index in [1.165, 1.54) is 35.9 Å². The first-order chi connectivity index (χ1) is 23.1. The lowest BCUT2D eigenvalue weighted by Crippen LogP contribution is -2.46. The fourth-order valence-electron chi connectivity index (χ4n) is 6.83. The second kappa shape index (κ2) is 15.9. The Morgan fingerprint density at radius 3 is 2.41 bits per heavy atom. The van der Waals surface area contributed by atoms with Crippen LogP contribution in [0.5, 0.6) is 0 Å². The van der Waals surface area contributed by atoms with Gasteiger partial charge in [0.15, 0.2) is 0 Å². The maximum Gasteiger partial charge on any atom is 0.417 e. The van der Waals surface area contributed by atoms with Crippen molar-refractivity contribution in [2.75, 3.05) is 57.8 Å². The first kappa shape index (κ1) is 37.9. The number of nitrogens with one attached hydrogen (secondary N) is 1. The SMILES string of the molecule is CC(C)(C)OC(=O)N1CCC(NCCSc2cc(-c3nn(CCCN4CCCCC4)c4c3CN(S(C)(=O)=O)CC4)ccc2C(F)(F)F)CC1. The van der Waals surface area contributed by atoms with Crippen LogP contribution in [0.2, 0.25) is 0 Å². The maximum atomic E-state index is 14.2. The van der Waals surface area contributed by atoms with Gasteiger partial charge in [-0.3, -0.25) is 4.68 Å². The van der Waals surface area contributed by atoms with E-state index < -0.39 is 27.4 Å². The Hall–Kier alpha value is -2.33. The number of nitrogens with zero attached hydrogens (tertiary/aromatic N) is 5. The minimum Gasteiger partial charge on any atom is -0.444 e. The summed E-state index contributed by atoms with van der Waals surface area (Å²) in [6.07, 6.45) is 2.90. The summed E-state index contributed by atoms with van der Waals surface area (Å²) in [5.74, 6) is 0.420. The Morgan fingerprint density at radius 2 is 1.76 bits per heavy atom. The summed E-state index contributed by atoms with van der Waals surface area (Å²) in [4.78, 5) is 16.7. The molecule has 0 bridgehead atoms. The Balaban J connectivity index is 1.28. The highest BCUT2D eigenvalue weighted by atomic mass is 32.2. The standard InChI is InChI=1S/C34H51F3N6O4S2/c1-33(2,3)47-32(44)41-19-11-26(12-20-41)38-14-22-48-30-23-25(9-10-28(30)34(35,36)37)31-27-24-42(49(4,45)46)21-13-29(27)43(39-31)18-8-17-40-15-6-5-7-16-40/h9-10,23,26,38H,5-8,11-22,24H2,1-4H3. The summed E-state index contributed by atoms with van der Waals surface area (Å²) in [6, 6.07) is 4.31. The predicted molar refractivity (Wildman–Crippen MR) is 186 cm³/mol. The third-order valence-electron chi connectivity index (χ3n) is 9.36. The first-order valence-electron chi connectivity index (χ1n) is 17.4. The Labute approximate surface area is 293 Å². The molecule has 3 aliphatic rings. The van der Waals surface area contributed by atoms with Crippen LogP contribution in [-0.4, -0.2) is 108 Å². The number of hydrogen-bond donors (Lipinski definition) is 1. The van der Waals surface area contributed by atoms with Crippen molar-refractivity contribution in [3.8, 4) is 11.3 Å². The van der Waals surface area contributed by atoms with Gasteiger partial charge >= 0.3 is 12.3 Å². The number of rotatable bonds is 11. The number of fused-ring (bicyclic) bond motifs is 1. The molecule has 1 amide bonds. The van der Waals surface area contributed by atoms with Crippen LogP contribution >= 0.6 is 11.8 Å². The summed E-state index contributed by atoms with van der Waals surface area (Å²) >= 11 is 1.15. The zero-order valence-electron chi connectivity index (χ0n) is 29.1. The van der Waals surface area contributed by atoms with Gasteiger partial charge in [-0.25, -0.2) is 13.2 Å². The molecule has 2 saturated heterocycles. The minimum atomic E-state index is -4.52. The van der Waals surface area contributed by atoms with Crippen LogP contribution in [0.15, 0.2) is 23.1 Å². The van der Waals surface area contributed by atoms with Crippen molar-refractivity contribution in [2.45, 2.75) is 102 Å². The highest BCUT2D eigenvalue weighted by Crippen LogP contribution is 2.40. The van der Waals surface area contributed by atoms with Crippen molar-refractivity contribution in [1.29, 1.82) is 0 Å². The highest BCUT2D eigenvalue weighted by Gasteiger charge is 2.35. The molecule has 5 rings (SSSR count). The molecule has 0 spiro atoms. The third-order valence-corrected chi connectivity index (χ3v) is 11.7. The zero-order chi connectivity index (χ0) is 35.4. The Morgan fingerprint density at radius 1 is 1.04 bits per heavy atom. The number of aryl methyl sites for hydroxylation is 1. The average molecular weight is 729 g/mol.